The maximum atomic E-state index is 13.7. The fourth-order valence-electron chi connectivity index (χ4n) is 5.43. The number of aliphatic hydroxyl groups excluding tert-OH is 1. The molecule has 1 aromatic carbocycles. The number of anilines is 3. The number of halogens is 3. The molecule has 3 heterocycles. The Labute approximate surface area is 275 Å². The Balaban J connectivity index is 0.00000136. The highest BCUT2D eigenvalue weighted by atomic mass is 32.1. The summed E-state index contributed by atoms with van der Waals surface area (Å²) in [5.74, 6) is 3.73. The minimum Gasteiger partial charge on any atom is -0.399 e. The van der Waals surface area contributed by atoms with E-state index >= 15 is 0 Å². The Kier molecular flexibility index (Phi) is 13.7. The second-order valence-corrected chi connectivity index (χ2v) is 11.7. The van der Waals surface area contributed by atoms with Crippen LogP contribution in [0.15, 0.2) is 65.5 Å². The fourth-order valence-corrected chi connectivity index (χ4v) is 5.43. The number of alkyl halides is 3. The van der Waals surface area contributed by atoms with Gasteiger partial charge in [-0.15, -0.1) is 6.42 Å². The van der Waals surface area contributed by atoms with E-state index in [2.05, 4.69) is 58.4 Å². The lowest BCUT2D eigenvalue weighted by Crippen LogP contribution is -2.47. The Bertz CT molecular complexity index is 1440. The molecule has 2 saturated heterocycles. The van der Waals surface area contributed by atoms with Crippen LogP contribution in [0.4, 0.5) is 30.5 Å². The lowest BCUT2D eigenvalue weighted by Gasteiger charge is -2.41. The van der Waals surface area contributed by atoms with Crippen LogP contribution in [0.2, 0.25) is 0 Å². The number of aliphatic hydroxyl groups is 1. The first kappa shape index (κ1) is 36.6. The highest BCUT2D eigenvalue weighted by Crippen LogP contribution is 2.46. The predicted octanol–water partition coefficient (Wildman–Crippen LogP) is 6.33. The molecule has 2 aliphatic rings. The number of allylic oxidation sites excluding steroid dienone is 2. The molecule has 0 saturated carbocycles. The van der Waals surface area contributed by atoms with Crippen LogP contribution in [0.5, 0.6) is 0 Å². The highest BCUT2D eigenvalue weighted by Gasteiger charge is 2.54. The van der Waals surface area contributed by atoms with Crippen molar-refractivity contribution >= 4 is 41.4 Å². The SMILES string of the molecule is C#CC1(C(F)(F)F)CCN(c2cc(N)ccc2/C(C=C)=N/N=C(\C)c2ccnc(N3CCCC(/C=C/CC)C3)n2)CC1.OCCS. The number of nitrogens with two attached hydrogens (primary N) is 1. The first-order valence-electron chi connectivity index (χ1n) is 15.4. The van der Waals surface area contributed by atoms with Crippen LogP contribution in [0.1, 0.15) is 57.2 Å². The largest absolute Gasteiger partial charge is 0.405 e. The number of rotatable bonds is 9. The van der Waals surface area contributed by atoms with E-state index in [1.165, 1.54) is 0 Å². The summed E-state index contributed by atoms with van der Waals surface area (Å²) < 4.78 is 41.2. The van der Waals surface area contributed by atoms with Crippen LogP contribution in [0.25, 0.3) is 0 Å². The zero-order chi connectivity index (χ0) is 33.7. The normalized spacial score (nSPS) is 19.0. The van der Waals surface area contributed by atoms with Gasteiger partial charge in [0.25, 0.3) is 0 Å². The van der Waals surface area contributed by atoms with Gasteiger partial charge in [-0.3, -0.25) is 0 Å². The molecule has 0 spiro atoms. The molecule has 1 unspecified atom stereocenters. The number of benzene rings is 1. The van der Waals surface area contributed by atoms with E-state index in [9.17, 15) is 13.2 Å². The Morgan fingerprint density at radius 2 is 1.96 bits per heavy atom. The second kappa shape index (κ2) is 17.2. The van der Waals surface area contributed by atoms with Crippen molar-refractivity contribution in [2.45, 2.75) is 52.1 Å². The van der Waals surface area contributed by atoms with Gasteiger partial charge in [0.15, 0.2) is 0 Å². The first-order valence-corrected chi connectivity index (χ1v) is 16.1. The van der Waals surface area contributed by atoms with Gasteiger partial charge in [0.2, 0.25) is 5.95 Å². The van der Waals surface area contributed by atoms with Gasteiger partial charge in [-0.25, -0.2) is 9.97 Å². The maximum absolute atomic E-state index is 13.7. The molecule has 0 radical (unpaired) electrons. The molecule has 46 heavy (non-hydrogen) atoms. The molecule has 4 rings (SSSR count). The molecule has 12 heteroatoms. The van der Waals surface area contributed by atoms with Gasteiger partial charge in [0, 0.05) is 55.1 Å². The van der Waals surface area contributed by atoms with Crippen molar-refractivity contribution in [2.75, 3.05) is 54.1 Å². The van der Waals surface area contributed by atoms with Gasteiger partial charge < -0.3 is 20.6 Å². The lowest BCUT2D eigenvalue weighted by molar-refractivity contribution is -0.207. The summed E-state index contributed by atoms with van der Waals surface area (Å²) in [6.07, 6.45) is 11.5. The summed E-state index contributed by atoms with van der Waals surface area (Å²) in [6.45, 7) is 10.1. The molecular formula is C34H44F3N7OS. The number of nitrogens with zero attached hydrogens (tertiary/aromatic N) is 6. The number of thiol groups is 1. The van der Waals surface area contributed by atoms with Crippen molar-refractivity contribution in [3.05, 3.63) is 66.5 Å². The Hall–Kier alpha value is -3.82. The minimum atomic E-state index is -4.46. The summed E-state index contributed by atoms with van der Waals surface area (Å²) in [7, 11) is 0. The van der Waals surface area contributed by atoms with Gasteiger partial charge in [-0.1, -0.05) is 31.6 Å². The summed E-state index contributed by atoms with van der Waals surface area (Å²) in [6, 6.07) is 7.04. The van der Waals surface area contributed by atoms with Crippen LogP contribution >= 0.6 is 12.6 Å². The number of hydrogen-bond acceptors (Lipinski definition) is 9. The Morgan fingerprint density at radius 1 is 1.24 bits per heavy atom. The molecule has 3 N–H and O–H groups in total. The van der Waals surface area contributed by atoms with Gasteiger partial charge in [-0.05, 0) is 75.3 Å². The second-order valence-electron chi connectivity index (χ2n) is 11.2. The summed E-state index contributed by atoms with van der Waals surface area (Å²) in [5.41, 5.74) is 7.48. The van der Waals surface area contributed by atoms with Crippen molar-refractivity contribution in [1.29, 1.82) is 0 Å². The van der Waals surface area contributed by atoms with Crippen molar-refractivity contribution in [1.82, 2.24) is 9.97 Å². The number of aromatic nitrogens is 2. The molecule has 0 amide bonds. The molecule has 1 aromatic heterocycles. The molecular weight excluding hydrogens is 611 g/mol. The van der Waals surface area contributed by atoms with E-state index in [1.54, 1.807) is 36.5 Å². The Morgan fingerprint density at radius 3 is 2.57 bits per heavy atom. The van der Waals surface area contributed by atoms with Crippen LogP contribution in [-0.4, -0.2) is 71.2 Å². The van der Waals surface area contributed by atoms with Gasteiger partial charge in [0.05, 0.1) is 23.7 Å². The number of hydrogen-bond donors (Lipinski definition) is 3. The van der Waals surface area contributed by atoms with E-state index in [-0.39, 0.29) is 32.5 Å². The molecule has 0 bridgehead atoms. The molecule has 2 aromatic rings. The van der Waals surface area contributed by atoms with Gasteiger partial charge >= 0.3 is 6.18 Å². The monoisotopic (exact) mass is 655 g/mol. The van der Waals surface area contributed by atoms with Crippen molar-refractivity contribution < 1.29 is 18.3 Å². The van der Waals surface area contributed by atoms with Crippen LogP contribution < -0.4 is 15.5 Å². The van der Waals surface area contributed by atoms with E-state index in [4.69, 9.17) is 22.2 Å². The third-order valence-corrected chi connectivity index (χ3v) is 8.27. The average Bonchev–Trinajstić information content (AvgIpc) is 3.07. The van der Waals surface area contributed by atoms with E-state index in [1.807, 2.05) is 17.7 Å². The van der Waals surface area contributed by atoms with Crippen LogP contribution in [0.3, 0.4) is 0 Å². The number of terminal acetylenes is 1. The summed E-state index contributed by atoms with van der Waals surface area (Å²) >= 11 is 3.67. The third-order valence-electron chi connectivity index (χ3n) is 8.07. The molecule has 1 atom stereocenters. The number of nitrogen functional groups attached to an aromatic ring is 1. The van der Waals surface area contributed by atoms with Crippen LogP contribution in [-0.2, 0) is 0 Å². The van der Waals surface area contributed by atoms with Gasteiger partial charge in [0.1, 0.15) is 5.41 Å². The lowest BCUT2D eigenvalue weighted by atomic mass is 9.78. The topological polar surface area (TPSA) is 103 Å². The number of piperidine rings is 2. The highest BCUT2D eigenvalue weighted by molar-refractivity contribution is 7.80. The average molecular weight is 656 g/mol. The molecule has 0 aliphatic carbocycles. The molecule has 248 valence electrons. The van der Waals surface area contributed by atoms with Gasteiger partial charge in [-0.2, -0.15) is 36.0 Å². The first-order chi connectivity index (χ1) is 22.0. The molecule has 2 aliphatic heterocycles. The minimum absolute atomic E-state index is 0.127. The third kappa shape index (κ3) is 9.36. The van der Waals surface area contributed by atoms with E-state index in [0.717, 1.165) is 32.4 Å². The standard InChI is InChI=1S/C32H38F3N7.C2H6OS/c1-5-8-10-24-11-9-18-42(22-24)30-37-17-14-28(38-30)23(4)39-40-27(6-2)26-13-12-25(36)21-29(26)41-19-15-31(7-3,16-20-41)32(33,34)35;3-1-2-4/h3,6,8,10,12-14,17,21,24H,2,5,9,11,15-16,18-20,22,36H2,1,4H3;3-4H,1-2H2/b10-8+,39-23+,40-27+;. The van der Waals surface area contributed by atoms with E-state index < -0.39 is 11.6 Å². The quantitative estimate of drug-likeness (QED) is 0.0729. The zero-order valence-corrected chi connectivity index (χ0v) is 27.4. The predicted molar refractivity (Wildman–Crippen MR) is 186 cm³/mol. The van der Waals surface area contributed by atoms with Crippen molar-refractivity contribution in [2.24, 2.45) is 21.5 Å². The molecule has 2 fully saturated rings. The maximum Gasteiger partial charge on any atom is 0.405 e. The van der Waals surface area contributed by atoms with Crippen molar-refractivity contribution in [3.8, 4) is 12.3 Å². The fraction of sp³-hybridized carbons (Fsp3) is 0.471. The van der Waals surface area contributed by atoms with Crippen molar-refractivity contribution in [3.63, 3.8) is 0 Å². The summed E-state index contributed by atoms with van der Waals surface area (Å²) in [5, 5.41) is 16.7. The van der Waals surface area contributed by atoms with E-state index in [0.29, 0.717) is 51.7 Å². The zero-order valence-electron chi connectivity index (χ0n) is 26.5. The smallest absolute Gasteiger partial charge is 0.399 e. The molecule has 8 nitrogen and oxygen atoms in total. The summed E-state index contributed by atoms with van der Waals surface area (Å²) in [4.78, 5) is 13.3. The van der Waals surface area contributed by atoms with Crippen LogP contribution in [0, 0.1) is 23.7 Å².